The number of rotatable bonds is 2. The van der Waals surface area contributed by atoms with E-state index in [0.717, 1.165) is 13.1 Å². The maximum absolute atomic E-state index is 4.28. The van der Waals surface area contributed by atoms with Gasteiger partial charge in [0.1, 0.15) is 0 Å². The predicted octanol–water partition coefficient (Wildman–Crippen LogP) is 0.859. The summed E-state index contributed by atoms with van der Waals surface area (Å²) >= 11 is 4.28. The van der Waals surface area contributed by atoms with E-state index in [-0.39, 0.29) is 0 Å². The lowest BCUT2D eigenvalue weighted by atomic mass is 10.3. The predicted molar refractivity (Wildman–Crippen MR) is 47.3 cm³/mol. The molecule has 0 atom stereocenters. The Morgan fingerprint density at radius 2 is 1.80 bits per heavy atom. The van der Waals surface area contributed by atoms with Crippen LogP contribution in [0, 0.1) is 0 Å². The van der Waals surface area contributed by atoms with Crippen molar-refractivity contribution in [1.29, 1.82) is 0 Å². The fraction of sp³-hybridized carbons (Fsp3) is 1.00. The van der Waals surface area contributed by atoms with Gasteiger partial charge in [-0.05, 0) is 13.0 Å². The third kappa shape index (κ3) is 2.48. The van der Waals surface area contributed by atoms with Crippen LogP contribution in [0.5, 0.6) is 0 Å². The van der Waals surface area contributed by atoms with E-state index in [4.69, 9.17) is 0 Å². The second kappa shape index (κ2) is 4.21. The number of hydrogen-bond acceptors (Lipinski definition) is 3. The number of thiol groups is 1. The van der Waals surface area contributed by atoms with Crippen LogP contribution in [0.15, 0.2) is 0 Å². The van der Waals surface area contributed by atoms with Crippen LogP contribution in [0.4, 0.5) is 0 Å². The molecule has 3 heteroatoms. The number of hydrogen-bond donors (Lipinski definition) is 1. The number of nitrogens with zero attached hydrogens (tertiary/aromatic N) is 2. The standard InChI is InChI=1S/C7H16N2S/c1-2-3-8-4-6-9(10)7-5-8/h10H,2-7H2,1H3. The van der Waals surface area contributed by atoms with Crippen molar-refractivity contribution in [1.82, 2.24) is 9.21 Å². The van der Waals surface area contributed by atoms with Gasteiger partial charge in [0.2, 0.25) is 0 Å². The molecule has 0 aromatic heterocycles. The van der Waals surface area contributed by atoms with Crippen LogP contribution in [-0.4, -0.2) is 41.9 Å². The fourth-order valence-electron chi connectivity index (χ4n) is 1.28. The van der Waals surface area contributed by atoms with E-state index in [9.17, 15) is 0 Å². The Morgan fingerprint density at radius 3 is 2.30 bits per heavy atom. The molecule has 0 bridgehead atoms. The molecule has 0 saturated carbocycles. The van der Waals surface area contributed by atoms with Crippen LogP contribution >= 0.6 is 12.8 Å². The zero-order chi connectivity index (χ0) is 7.40. The second-order valence-electron chi connectivity index (χ2n) is 2.80. The molecule has 0 amide bonds. The van der Waals surface area contributed by atoms with Crippen LogP contribution < -0.4 is 0 Å². The Morgan fingerprint density at radius 1 is 1.20 bits per heavy atom. The molecule has 1 aliphatic heterocycles. The van der Waals surface area contributed by atoms with Crippen molar-refractivity contribution in [3.63, 3.8) is 0 Å². The highest BCUT2D eigenvalue weighted by Gasteiger charge is 2.12. The second-order valence-corrected chi connectivity index (χ2v) is 3.36. The van der Waals surface area contributed by atoms with Crippen LogP contribution in [0.25, 0.3) is 0 Å². The van der Waals surface area contributed by atoms with Crippen molar-refractivity contribution in [3.05, 3.63) is 0 Å². The highest BCUT2D eigenvalue weighted by molar-refractivity contribution is 7.77. The lowest BCUT2D eigenvalue weighted by Crippen LogP contribution is -2.42. The molecule has 1 aliphatic rings. The van der Waals surface area contributed by atoms with Gasteiger partial charge in [-0.3, -0.25) is 4.31 Å². The summed E-state index contributed by atoms with van der Waals surface area (Å²) in [4.78, 5) is 2.49. The average Bonchev–Trinajstić information content (AvgIpc) is 1.95. The minimum atomic E-state index is 1.11. The first kappa shape index (κ1) is 8.37. The fourth-order valence-corrected chi connectivity index (χ4v) is 1.46. The molecular weight excluding hydrogens is 144 g/mol. The van der Waals surface area contributed by atoms with Crippen LogP contribution in [-0.2, 0) is 0 Å². The quantitative estimate of drug-likeness (QED) is 0.599. The van der Waals surface area contributed by atoms with Gasteiger partial charge in [-0.2, -0.15) is 0 Å². The van der Waals surface area contributed by atoms with Gasteiger partial charge in [0.15, 0.2) is 0 Å². The summed E-state index contributed by atoms with van der Waals surface area (Å²) in [5, 5.41) is 0. The molecule has 0 aliphatic carbocycles. The van der Waals surface area contributed by atoms with E-state index in [1.54, 1.807) is 0 Å². The molecule has 0 spiro atoms. The molecule has 0 N–H and O–H groups in total. The zero-order valence-corrected chi connectivity index (χ0v) is 7.48. The topological polar surface area (TPSA) is 6.48 Å². The summed E-state index contributed by atoms with van der Waals surface area (Å²) in [6.07, 6.45) is 1.27. The Balaban J connectivity index is 2.13. The van der Waals surface area contributed by atoms with Gasteiger partial charge < -0.3 is 4.90 Å². The first-order chi connectivity index (χ1) is 4.83. The molecule has 2 nitrogen and oxygen atoms in total. The molecule has 0 aromatic rings. The van der Waals surface area contributed by atoms with E-state index in [1.165, 1.54) is 26.1 Å². The van der Waals surface area contributed by atoms with E-state index in [2.05, 4.69) is 28.9 Å². The Labute approximate surface area is 68.7 Å². The number of piperazine rings is 1. The highest BCUT2D eigenvalue weighted by Crippen LogP contribution is 2.03. The first-order valence-electron chi connectivity index (χ1n) is 3.99. The van der Waals surface area contributed by atoms with Crippen LogP contribution in [0.1, 0.15) is 13.3 Å². The largest absolute Gasteiger partial charge is 0.301 e. The van der Waals surface area contributed by atoms with E-state index >= 15 is 0 Å². The zero-order valence-electron chi connectivity index (χ0n) is 6.58. The average molecular weight is 160 g/mol. The minimum Gasteiger partial charge on any atom is -0.301 e. The SMILES string of the molecule is CCCN1CCN(S)CC1. The monoisotopic (exact) mass is 160 g/mol. The summed E-state index contributed by atoms with van der Waals surface area (Å²) in [7, 11) is 0. The summed E-state index contributed by atoms with van der Waals surface area (Å²) < 4.78 is 2.09. The highest BCUT2D eigenvalue weighted by atomic mass is 32.1. The van der Waals surface area contributed by atoms with E-state index < -0.39 is 0 Å². The molecule has 1 fully saturated rings. The molecule has 10 heavy (non-hydrogen) atoms. The lowest BCUT2D eigenvalue weighted by molar-refractivity contribution is 0.198. The van der Waals surface area contributed by atoms with Gasteiger partial charge >= 0.3 is 0 Å². The molecular formula is C7H16N2S. The molecule has 1 rings (SSSR count). The van der Waals surface area contributed by atoms with Gasteiger partial charge in [-0.1, -0.05) is 19.7 Å². The lowest BCUT2D eigenvalue weighted by Gasteiger charge is -2.31. The molecule has 0 radical (unpaired) electrons. The van der Waals surface area contributed by atoms with Gasteiger partial charge in [-0.15, -0.1) is 0 Å². The molecule has 1 heterocycles. The maximum Gasteiger partial charge on any atom is 0.0215 e. The van der Waals surface area contributed by atoms with Crippen molar-refractivity contribution < 1.29 is 0 Å². The summed E-state index contributed by atoms with van der Waals surface area (Å²) in [6.45, 7) is 8.09. The van der Waals surface area contributed by atoms with Crippen molar-refractivity contribution in [2.45, 2.75) is 13.3 Å². The first-order valence-corrected chi connectivity index (χ1v) is 4.39. The third-order valence-corrected chi connectivity index (χ3v) is 2.29. The minimum absolute atomic E-state index is 1.11. The molecule has 1 saturated heterocycles. The maximum atomic E-state index is 4.28. The smallest absolute Gasteiger partial charge is 0.0215 e. The van der Waals surface area contributed by atoms with Gasteiger partial charge in [0.05, 0.1) is 0 Å². The van der Waals surface area contributed by atoms with E-state index in [1.807, 2.05) is 0 Å². The summed E-state index contributed by atoms with van der Waals surface area (Å²) in [5.41, 5.74) is 0. The van der Waals surface area contributed by atoms with Gasteiger partial charge in [0.25, 0.3) is 0 Å². The Hall–Kier alpha value is 0.270. The van der Waals surface area contributed by atoms with Crippen LogP contribution in [0.3, 0.4) is 0 Å². The van der Waals surface area contributed by atoms with Crippen molar-refractivity contribution in [2.24, 2.45) is 0 Å². The molecule has 0 unspecified atom stereocenters. The van der Waals surface area contributed by atoms with Crippen molar-refractivity contribution >= 4 is 12.8 Å². The molecule has 60 valence electrons. The van der Waals surface area contributed by atoms with Crippen LogP contribution in [0.2, 0.25) is 0 Å². The Kier molecular flexibility index (Phi) is 3.52. The normalized spacial score (nSPS) is 23.4. The van der Waals surface area contributed by atoms with Crippen molar-refractivity contribution in [3.8, 4) is 0 Å². The van der Waals surface area contributed by atoms with Gasteiger partial charge in [0, 0.05) is 26.2 Å². The van der Waals surface area contributed by atoms with Crippen molar-refractivity contribution in [2.75, 3.05) is 32.7 Å². The summed E-state index contributed by atoms with van der Waals surface area (Å²) in [6, 6.07) is 0. The van der Waals surface area contributed by atoms with Gasteiger partial charge in [-0.25, -0.2) is 0 Å². The van der Waals surface area contributed by atoms with E-state index in [0.29, 0.717) is 0 Å². The molecule has 0 aromatic carbocycles. The third-order valence-electron chi connectivity index (χ3n) is 1.89. The summed E-state index contributed by atoms with van der Waals surface area (Å²) in [5.74, 6) is 0. The Bertz CT molecular complexity index is 89.6.